The average Bonchev–Trinajstić information content (AvgIpc) is 2.54. The minimum atomic E-state index is -0.391. The van der Waals surface area contributed by atoms with Gasteiger partial charge in [0.15, 0.2) is 0 Å². The Morgan fingerprint density at radius 1 is 1.38 bits per heavy atom. The number of nitrogens with zero attached hydrogens (tertiary/aromatic N) is 3. The van der Waals surface area contributed by atoms with Crippen LogP contribution in [0.25, 0.3) is 5.70 Å². The number of rotatable bonds is 2. The highest BCUT2D eigenvalue weighted by molar-refractivity contribution is 5.94. The van der Waals surface area contributed by atoms with Gasteiger partial charge in [0.05, 0.1) is 5.70 Å². The normalized spacial score (nSPS) is 26.8. The highest BCUT2D eigenvalue weighted by Gasteiger charge is 2.34. The molecule has 112 valence electrons. The van der Waals surface area contributed by atoms with Crippen molar-refractivity contribution in [1.82, 2.24) is 20.1 Å². The second-order valence-corrected chi connectivity index (χ2v) is 5.62. The van der Waals surface area contributed by atoms with Crippen molar-refractivity contribution in [3.05, 3.63) is 36.3 Å². The quantitative estimate of drug-likeness (QED) is 0.743. The van der Waals surface area contributed by atoms with Gasteiger partial charge in [0, 0.05) is 43.8 Å². The minimum absolute atomic E-state index is 0.283. The first kappa shape index (κ1) is 14.0. The standard InChI is InChI=1S/C15H22N6/c1-20-10-13(11-4-7-18-8-5-11)21(15(17)14(20)16)12-3-2-6-19-9-12/h4-5,7-8,10,12,14,17,19H,2-3,6,9,16H2,1H3. The number of pyridine rings is 1. The van der Waals surface area contributed by atoms with Gasteiger partial charge in [-0.15, -0.1) is 0 Å². The Kier molecular flexibility index (Phi) is 3.90. The molecule has 0 aliphatic carbocycles. The predicted octanol–water partition coefficient (Wildman–Crippen LogP) is 0.641. The summed E-state index contributed by atoms with van der Waals surface area (Å²) in [6, 6.07) is 4.24. The summed E-state index contributed by atoms with van der Waals surface area (Å²) >= 11 is 0. The van der Waals surface area contributed by atoms with Crippen molar-refractivity contribution in [2.24, 2.45) is 5.73 Å². The van der Waals surface area contributed by atoms with E-state index in [1.165, 1.54) is 0 Å². The zero-order valence-corrected chi connectivity index (χ0v) is 12.3. The summed E-state index contributed by atoms with van der Waals surface area (Å²) in [5, 5.41) is 11.9. The maximum absolute atomic E-state index is 8.47. The van der Waals surface area contributed by atoms with E-state index in [1.54, 1.807) is 12.4 Å². The predicted molar refractivity (Wildman–Crippen MR) is 83.4 cm³/mol. The van der Waals surface area contributed by atoms with Crippen molar-refractivity contribution in [2.75, 3.05) is 20.1 Å². The molecule has 0 spiro atoms. The molecule has 1 fully saturated rings. The first-order valence-electron chi connectivity index (χ1n) is 7.36. The third-order valence-corrected chi connectivity index (χ3v) is 4.18. The fourth-order valence-corrected chi connectivity index (χ4v) is 2.98. The van der Waals surface area contributed by atoms with Crippen LogP contribution in [0.3, 0.4) is 0 Å². The van der Waals surface area contributed by atoms with Crippen LogP contribution >= 0.6 is 0 Å². The molecule has 6 heteroatoms. The monoisotopic (exact) mass is 286 g/mol. The van der Waals surface area contributed by atoms with E-state index in [4.69, 9.17) is 11.1 Å². The number of hydrogen-bond donors (Lipinski definition) is 3. The van der Waals surface area contributed by atoms with Crippen LogP contribution in [0.4, 0.5) is 0 Å². The third-order valence-electron chi connectivity index (χ3n) is 4.18. The van der Waals surface area contributed by atoms with Crippen LogP contribution in [0.2, 0.25) is 0 Å². The Morgan fingerprint density at radius 2 is 2.14 bits per heavy atom. The molecule has 0 amide bonds. The Labute approximate surface area is 125 Å². The molecule has 0 aromatic carbocycles. The van der Waals surface area contributed by atoms with Crippen LogP contribution in [0, 0.1) is 5.41 Å². The Hall–Kier alpha value is -1.92. The SMILES string of the molecule is CN1C=C(c2ccncc2)N(C2CCCNC2)C(=N)C1N. The largest absolute Gasteiger partial charge is 0.357 e. The lowest BCUT2D eigenvalue weighted by Crippen LogP contribution is -2.58. The zero-order chi connectivity index (χ0) is 14.8. The summed E-state index contributed by atoms with van der Waals surface area (Å²) in [6.45, 7) is 1.94. The maximum Gasteiger partial charge on any atom is 0.139 e. The molecule has 2 aliphatic heterocycles. The lowest BCUT2D eigenvalue weighted by molar-refractivity contribution is 0.280. The molecule has 4 N–H and O–H groups in total. The average molecular weight is 286 g/mol. The number of aromatic nitrogens is 1. The number of nitrogens with one attached hydrogen (secondary N) is 2. The van der Waals surface area contributed by atoms with E-state index in [-0.39, 0.29) is 6.04 Å². The summed E-state index contributed by atoms with van der Waals surface area (Å²) < 4.78 is 0. The van der Waals surface area contributed by atoms with E-state index >= 15 is 0 Å². The van der Waals surface area contributed by atoms with Gasteiger partial charge in [-0.05, 0) is 31.5 Å². The topological polar surface area (TPSA) is 81.3 Å². The van der Waals surface area contributed by atoms with Gasteiger partial charge in [0.2, 0.25) is 0 Å². The second-order valence-electron chi connectivity index (χ2n) is 5.62. The molecule has 2 aliphatic rings. The number of nitrogens with two attached hydrogens (primary N) is 1. The van der Waals surface area contributed by atoms with E-state index in [0.29, 0.717) is 5.84 Å². The molecule has 3 rings (SSSR count). The van der Waals surface area contributed by atoms with Crippen LogP contribution < -0.4 is 11.1 Å². The Bertz CT molecular complexity index is 534. The molecule has 6 nitrogen and oxygen atoms in total. The van der Waals surface area contributed by atoms with Gasteiger partial charge >= 0.3 is 0 Å². The van der Waals surface area contributed by atoms with Crippen molar-refractivity contribution in [1.29, 1.82) is 5.41 Å². The molecule has 1 saturated heterocycles. The van der Waals surface area contributed by atoms with Crippen molar-refractivity contribution >= 4 is 11.5 Å². The van der Waals surface area contributed by atoms with Crippen LogP contribution in [0.15, 0.2) is 30.7 Å². The third kappa shape index (κ3) is 2.64. The van der Waals surface area contributed by atoms with Crippen molar-refractivity contribution in [2.45, 2.75) is 25.0 Å². The summed E-state index contributed by atoms with van der Waals surface area (Å²) in [5.74, 6) is 0.459. The highest BCUT2D eigenvalue weighted by Crippen LogP contribution is 2.29. The van der Waals surface area contributed by atoms with E-state index in [1.807, 2.05) is 30.3 Å². The van der Waals surface area contributed by atoms with Gasteiger partial charge in [0.25, 0.3) is 0 Å². The number of amidine groups is 1. The summed E-state index contributed by atoms with van der Waals surface area (Å²) in [5.41, 5.74) is 8.24. The molecule has 0 saturated carbocycles. The van der Waals surface area contributed by atoms with E-state index in [0.717, 1.165) is 37.2 Å². The smallest absolute Gasteiger partial charge is 0.139 e. The number of piperidine rings is 1. The molecule has 0 bridgehead atoms. The van der Waals surface area contributed by atoms with Gasteiger partial charge in [-0.3, -0.25) is 10.4 Å². The van der Waals surface area contributed by atoms with Crippen LogP contribution in [0.5, 0.6) is 0 Å². The summed E-state index contributed by atoms with van der Waals surface area (Å²) in [4.78, 5) is 8.06. The first-order valence-corrected chi connectivity index (χ1v) is 7.36. The van der Waals surface area contributed by atoms with Crippen molar-refractivity contribution in [3.8, 4) is 0 Å². The molecule has 21 heavy (non-hydrogen) atoms. The van der Waals surface area contributed by atoms with Gasteiger partial charge < -0.3 is 20.9 Å². The minimum Gasteiger partial charge on any atom is -0.357 e. The van der Waals surface area contributed by atoms with Gasteiger partial charge in [-0.1, -0.05) is 0 Å². The van der Waals surface area contributed by atoms with Crippen LogP contribution in [-0.2, 0) is 0 Å². The van der Waals surface area contributed by atoms with Crippen LogP contribution in [-0.4, -0.2) is 53.0 Å². The lowest BCUT2D eigenvalue weighted by atomic mass is 10.0. The van der Waals surface area contributed by atoms with Crippen molar-refractivity contribution in [3.63, 3.8) is 0 Å². The molecule has 2 unspecified atom stereocenters. The summed E-state index contributed by atoms with van der Waals surface area (Å²) in [7, 11) is 1.91. The van der Waals surface area contributed by atoms with E-state index < -0.39 is 6.17 Å². The van der Waals surface area contributed by atoms with E-state index in [2.05, 4.69) is 15.2 Å². The van der Waals surface area contributed by atoms with Crippen molar-refractivity contribution < 1.29 is 0 Å². The first-order chi connectivity index (χ1) is 10.2. The Balaban J connectivity index is 1.99. The summed E-state index contributed by atoms with van der Waals surface area (Å²) in [6.07, 6.45) is 7.42. The fourth-order valence-electron chi connectivity index (χ4n) is 2.98. The number of likely N-dealkylation sites (N-methyl/N-ethyl adjacent to an activating group) is 1. The Morgan fingerprint density at radius 3 is 2.81 bits per heavy atom. The van der Waals surface area contributed by atoms with Gasteiger partial charge in [0.1, 0.15) is 12.0 Å². The molecule has 3 heterocycles. The molecule has 1 aromatic rings. The van der Waals surface area contributed by atoms with Gasteiger partial charge in [-0.2, -0.15) is 0 Å². The number of hydrogen-bond acceptors (Lipinski definition) is 5. The molecule has 0 radical (unpaired) electrons. The molecule has 1 aromatic heterocycles. The molecular weight excluding hydrogens is 264 g/mol. The highest BCUT2D eigenvalue weighted by atomic mass is 15.3. The van der Waals surface area contributed by atoms with Crippen LogP contribution in [0.1, 0.15) is 18.4 Å². The zero-order valence-electron chi connectivity index (χ0n) is 12.3. The molecule has 2 atom stereocenters. The fraction of sp³-hybridized carbons (Fsp3) is 0.467. The molecular formula is C15H22N6. The lowest BCUT2D eigenvalue weighted by Gasteiger charge is -2.44. The van der Waals surface area contributed by atoms with E-state index in [9.17, 15) is 0 Å². The van der Waals surface area contributed by atoms with Gasteiger partial charge in [-0.25, -0.2) is 0 Å². The second kappa shape index (κ2) is 5.83. The maximum atomic E-state index is 8.47.